The van der Waals surface area contributed by atoms with Crippen LogP contribution >= 0.6 is 0 Å². The van der Waals surface area contributed by atoms with Crippen LogP contribution in [0.2, 0.25) is 0 Å². The van der Waals surface area contributed by atoms with Gasteiger partial charge >= 0.3 is 5.97 Å². The van der Waals surface area contributed by atoms with E-state index in [4.69, 9.17) is 9.47 Å². The number of ketones is 1. The number of rotatable bonds is 9. The van der Waals surface area contributed by atoms with Crippen molar-refractivity contribution in [2.24, 2.45) is 0 Å². The molecule has 0 unspecified atom stereocenters. The van der Waals surface area contributed by atoms with Crippen molar-refractivity contribution in [3.05, 3.63) is 65.7 Å². The largest absolute Gasteiger partial charge is 0.497 e. The summed E-state index contributed by atoms with van der Waals surface area (Å²) in [6.45, 7) is 0.703. The highest BCUT2D eigenvalue weighted by Crippen LogP contribution is 2.20. The number of Topliss-reactive ketones (excluding diaryl/α,β-unsaturated/α-hetero) is 1. The molecule has 0 spiro atoms. The third kappa shape index (κ3) is 6.17. The summed E-state index contributed by atoms with van der Waals surface area (Å²) in [6.07, 6.45) is 4.65. The summed E-state index contributed by atoms with van der Waals surface area (Å²) in [5.74, 6) is -0.805. The van der Waals surface area contributed by atoms with Crippen LogP contribution in [-0.4, -0.2) is 48.9 Å². The van der Waals surface area contributed by atoms with Crippen molar-refractivity contribution in [3.63, 3.8) is 0 Å². The van der Waals surface area contributed by atoms with Crippen LogP contribution in [0, 0.1) is 0 Å². The smallest absolute Gasteiger partial charge is 0.328 e. The van der Waals surface area contributed by atoms with E-state index < -0.39 is 23.7 Å². The predicted octanol–water partition coefficient (Wildman–Crippen LogP) is 3.83. The molecule has 1 amide bonds. The van der Waals surface area contributed by atoms with E-state index >= 15 is 0 Å². The Morgan fingerprint density at radius 2 is 1.71 bits per heavy atom. The summed E-state index contributed by atoms with van der Waals surface area (Å²) in [4.78, 5) is 39.3. The maximum Gasteiger partial charge on any atom is 0.328 e. The van der Waals surface area contributed by atoms with Gasteiger partial charge in [0.05, 0.1) is 13.7 Å². The first-order chi connectivity index (χ1) is 15.1. The van der Waals surface area contributed by atoms with Crippen molar-refractivity contribution in [2.45, 2.75) is 44.6 Å². The highest BCUT2D eigenvalue weighted by atomic mass is 16.5. The molecule has 2 aromatic carbocycles. The summed E-state index contributed by atoms with van der Waals surface area (Å²) < 4.78 is 10.6. The van der Waals surface area contributed by atoms with Crippen LogP contribution in [0.25, 0.3) is 0 Å². The number of piperidine rings is 1. The minimum atomic E-state index is -0.685. The zero-order chi connectivity index (χ0) is 22.1. The number of methoxy groups -OCH3 is 1. The monoisotopic (exact) mass is 423 g/mol. The van der Waals surface area contributed by atoms with E-state index in [0.29, 0.717) is 25.1 Å². The molecule has 2 aromatic rings. The average molecular weight is 424 g/mol. The van der Waals surface area contributed by atoms with Crippen molar-refractivity contribution in [2.75, 3.05) is 20.3 Å². The first kappa shape index (κ1) is 22.5. The fraction of sp³-hybridized carbons (Fsp3) is 0.400. The molecule has 0 radical (unpaired) electrons. The summed E-state index contributed by atoms with van der Waals surface area (Å²) in [5.41, 5.74) is 1.54. The molecule has 1 aliphatic heterocycles. The van der Waals surface area contributed by atoms with Gasteiger partial charge in [0.15, 0.2) is 0 Å². The highest BCUT2D eigenvalue weighted by Gasteiger charge is 2.36. The summed E-state index contributed by atoms with van der Waals surface area (Å²) in [6, 6.07) is 15.7. The molecule has 164 valence electrons. The van der Waals surface area contributed by atoms with Gasteiger partial charge in [-0.2, -0.15) is 0 Å². The van der Waals surface area contributed by atoms with Crippen LogP contribution in [-0.2, 0) is 20.7 Å². The number of esters is 1. The van der Waals surface area contributed by atoms with Gasteiger partial charge in [-0.3, -0.25) is 9.59 Å². The molecule has 31 heavy (non-hydrogen) atoms. The quantitative estimate of drug-likeness (QED) is 0.265. The Labute approximate surface area is 183 Å². The van der Waals surface area contributed by atoms with E-state index in [9.17, 15) is 14.4 Å². The van der Waals surface area contributed by atoms with Crippen molar-refractivity contribution < 1.29 is 23.9 Å². The number of likely N-dealkylation sites (tertiary alicyclic amines) is 1. The molecule has 0 saturated carbocycles. The number of carbonyl (C=O) groups excluding carboxylic acids is 3. The Morgan fingerprint density at radius 1 is 0.968 bits per heavy atom. The number of carbonyl (C=O) groups is 3. The number of aryl methyl sites for hydroxylation is 1. The van der Waals surface area contributed by atoms with Gasteiger partial charge in [-0.1, -0.05) is 42.5 Å². The SMILES string of the molecule is COc1ccc(CCCCOC(=O)[C@@H]2CCCCN2C(=O)C(=O)c2ccccc2)cc1. The molecule has 1 atom stereocenters. The van der Waals surface area contributed by atoms with Crippen LogP contribution in [0.5, 0.6) is 5.75 Å². The van der Waals surface area contributed by atoms with Crippen LogP contribution in [0.4, 0.5) is 0 Å². The minimum Gasteiger partial charge on any atom is -0.497 e. The van der Waals surface area contributed by atoms with Crippen LogP contribution < -0.4 is 4.74 Å². The van der Waals surface area contributed by atoms with Gasteiger partial charge in [0.1, 0.15) is 11.8 Å². The molecule has 0 bridgehead atoms. The summed E-state index contributed by atoms with van der Waals surface area (Å²) in [5, 5.41) is 0. The second-order valence-corrected chi connectivity index (χ2v) is 7.68. The summed E-state index contributed by atoms with van der Waals surface area (Å²) in [7, 11) is 1.64. The van der Waals surface area contributed by atoms with Crippen LogP contribution in [0.3, 0.4) is 0 Å². The fourth-order valence-electron chi connectivity index (χ4n) is 3.76. The third-order valence-corrected chi connectivity index (χ3v) is 5.53. The lowest BCUT2D eigenvalue weighted by Crippen LogP contribution is -2.51. The van der Waals surface area contributed by atoms with E-state index in [1.54, 1.807) is 37.4 Å². The second-order valence-electron chi connectivity index (χ2n) is 7.68. The first-order valence-corrected chi connectivity index (χ1v) is 10.8. The zero-order valence-corrected chi connectivity index (χ0v) is 17.9. The standard InChI is InChI=1S/C25H29NO5/c1-30-21-15-13-19(14-16-21)9-6-8-18-31-25(29)22-12-5-7-17-26(22)24(28)23(27)20-10-3-2-4-11-20/h2-4,10-11,13-16,22H,5-9,12,17-18H2,1H3/t22-/m0/s1. The Kier molecular flexibility index (Phi) is 8.21. The number of nitrogens with zero attached hydrogens (tertiary/aromatic N) is 1. The molecule has 6 heteroatoms. The first-order valence-electron chi connectivity index (χ1n) is 10.8. The number of amides is 1. The van der Waals surface area contributed by atoms with Crippen LogP contribution in [0.1, 0.15) is 48.0 Å². The lowest BCUT2D eigenvalue weighted by atomic mass is 10.0. The molecule has 1 fully saturated rings. The normalized spacial score (nSPS) is 15.9. The second kappa shape index (κ2) is 11.3. The molecule has 1 saturated heterocycles. The van der Waals surface area contributed by atoms with Gasteiger partial charge < -0.3 is 14.4 Å². The molecule has 3 rings (SSSR count). The van der Waals surface area contributed by atoms with Gasteiger partial charge in [-0.25, -0.2) is 4.79 Å². The lowest BCUT2D eigenvalue weighted by Gasteiger charge is -2.33. The Hall–Kier alpha value is -3.15. The number of benzene rings is 2. The highest BCUT2D eigenvalue weighted by molar-refractivity contribution is 6.43. The molecule has 0 aromatic heterocycles. The number of hydrogen-bond donors (Lipinski definition) is 0. The molecule has 1 heterocycles. The Bertz CT molecular complexity index is 879. The maximum absolute atomic E-state index is 12.8. The molecule has 0 aliphatic carbocycles. The van der Waals surface area contributed by atoms with Gasteiger partial charge in [0.2, 0.25) is 5.78 Å². The number of ether oxygens (including phenoxy) is 2. The Morgan fingerprint density at radius 3 is 2.42 bits per heavy atom. The summed E-state index contributed by atoms with van der Waals surface area (Å²) >= 11 is 0. The van der Waals surface area contributed by atoms with Gasteiger partial charge in [-0.05, 0) is 56.2 Å². The van der Waals surface area contributed by atoms with Gasteiger partial charge in [0.25, 0.3) is 5.91 Å². The molecular weight excluding hydrogens is 394 g/mol. The van der Waals surface area contributed by atoms with Gasteiger partial charge in [0, 0.05) is 12.1 Å². The number of hydrogen-bond acceptors (Lipinski definition) is 5. The zero-order valence-electron chi connectivity index (χ0n) is 17.9. The van der Waals surface area contributed by atoms with Crippen molar-refractivity contribution in [1.82, 2.24) is 4.90 Å². The lowest BCUT2D eigenvalue weighted by molar-refractivity contribution is -0.155. The minimum absolute atomic E-state index is 0.306. The molecule has 1 aliphatic rings. The van der Waals surface area contributed by atoms with Crippen LogP contribution in [0.15, 0.2) is 54.6 Å². The predicted molar refractivity (Wildman–Crippen MR) is 117 cm³/mol. The molecular formula is C25H29NO5. The fourth-order valence-corrected chi connectivity index (χ4v) is 3.76. The molecule has 0 N–H and O–H groups in total. The van der Waals surface area contributed by atoms with Crippen molar-refractivity contribution in [1.29, 1.82) is 0 Å². The van der Waals surface area contributed by atoms with E-state index in [-0.39, 0.29) is 0 Å². The van der Waals surface area contributed by atoms with Crippen molar-refractivity contribution >= 4 is 17.7 Å². The topological polar surface area (TPSA) is 72.9 Å². The van der Waals surface area contributed by atoms with E-state index in [1.807, 2.05) is 24.3 Å². The van der Waals surface area contributed by atoms with E-state index in [2.05, 4.69) is 0 Å². The third-order valence-electron chi connectivity index (χ3n) is 5.53. The number of unbranched alkanes of at least 4 members (excludes halogenated alkanes) is 1. The van der Waals surface area contributed by atoms with Crippen molar-refractivity contribution in [3.8, 4) is 5.75 Å². The Balaban J connectivity index is 1.47. The maximum atomic E-state index is 12.8. The van der Waals surface area contributed by atoms with Gasteiger partial charge in [-0.15, -0.1) is 0 Å². The van der Waals surface area contributed by atoms with E-state index in [0.717, 1.165) is 37.9 Å². The van der Waals surface area contributed by atoms with E-state index in [1.165, 1.54) is 10.5 Å². The molecule has 6 nitrogen and oxygen atoms in total. The average Bonchev–Trinajstić information content (AvgIpc) is 2.83.